The van der Waals surface area contributed by atoms with Gasteiger partial charge in [-0.25, -0.2) is 0 Å². The molecule has 4 heteroatoms. The molecule has 0 aliphatic carbocycles. The summed E-state index contributed by atoms with van der Waals surface area (Å²) in [7, 11) is 0. The molecule has 0 radical (unpaired) electrons. The quantitative estimate of drug-likeness (QED) is 0.494. The van der Waals surface area contributed by atoms with Gasteiger partial charge in [0.05, 0.1) is 4.91 Å². The Morgan fingerprint density at radius 3 is 2.95 bits per heavy atom. The second-order valence-corrected chi connectivity index (χ2v) is 5.02. The Balaban J connectivity index is 2.03. The van der Waals surface area contributed by atoms with Crippen LogP contribution >= 0.6 is 12.6 Å². The first kappa shape index (κ1) is 14.5. The van der Waals surface area contributed by atoms with E-state index in [4.69, 9.17) is 0 Å². The Morgan fingerprint density at radius 1 is 1.45 bits per heavy atom. The number of benzene rings is 1. The summed E-state index contributed by atoms with van der Waals surface area (Å²) in [5.41, 5.74) is 2.38. The lowest BCUT2D eigenvalue weighted by molar-refractivity contribution is -0.116. The molecule has 104 valence electrons. The Bertz CT molecular complexity index is 670. The predicted molar refractivity (Wildman–Crippen MR) is 87.0 cm³/mol. The summed E-state index contributed by atoms with van der Waals surface area (Å²) >= 11 is 4.10. The highest BCUT2D eigenvalue weighted by Crippen LogP contribution is 2.18. The lowest BCUT2D eigenvalue weighted by atomic mass is 10.2. The maximum Gasteiger partial charge on any atom is 0.257 e. The number of fused-ring (bicyclic) bond motifs is 1. The zero-order chi connectivity index (χ0) is 14.5. The van der Waals surface area contributed by atoms with Gasteiger partial charge in [-0.15, -0.1) is 12.6 Å². The lowest BCUT2D eigenvalue weighted by Gasteiger charge is -2.09. The van der Waals surface area contributed by atoms with Crippen molar-refractivity contribution in [2.24, 2.45) is 0 Å². The smallest absolute Gasteiger partial charge is 0.257 e. The van der Waals surface area contributed by atoms with E-state index in [2.05, 4.69) is 54.2 Å². The first-order chi connectivity index (χ1) is 9.63. The molecule has 1 amide bonds. The molecule has 0 unspecified atom stereocenters. The molecule has 0 aliphatic rings. The highest BCUT2D eigenvalue weighted by molar-refractivity contribution is 7.85. The molecule has 1 aromatic heterocycles. The number of allylic oxidation sites excluding steroid dienone is 2. The number of thiol groups is 1. The number of para-hydroxylation sites is 1. The zero-order valence-corrected chi connectivity index (χ0v) is 12.4. The van der Waals surface area contributed by atoms with Crippen molar-refractivity contribution in [2.75, 3.05) is 6.54 Å². The number of nitrogens with one attached hydrogen (secondary N) is 1. The summed E-state index contributed by atoms with van der Waals surface area (Å²) in [5, 5.41) is 4.07. The Hall–Kier alpha value is -1.94. The molecule has 0 aliphatic heterocycles. The maximum absolute atomic E-state index is 11.7. The number of aryl methyl sites for hydroxylation is 1. The van der Waals surface area contributed by atoms with Gasteiger partial charge in [0.25, 0.3) is 5.91 Å². The standard InChI is InChI=1S/C16H18N2OS/c1-3-6-15(20)16(19)17-9-10-18-12(2)11-13-7-4-5-8-14(13)18/h3-8,11,20H,1,9-10H2,2H3,(H,17,19)/b15-6-. The largest absolute Gasteiger partial charge is 0.350 e. The topological polar surface area (TPSA) is 34.0 Å². The third-order valence-electron chi connectivity index (χ3n) is 3.15. The Kier molecular flexibility index (Phi) is 4.69. The number of rotatable bonds is 5. The van der Waals surface area contributed by atoms with Gasteiger partial charge >= 0.3 is 0 Å². The van der Waals surface area contributed by atoms with Gasteiger partial charge in [-0.05, 0) is 30.5 Å². The molecule has 0 atom stereocenters. The maximum atomic E-state index is 11.7. The van der Waals surface area contributed by atoms with Crippen LogP contribution in [0.1, 0.15) is 5.69 Å². The van der Waals surface area contributed by atoms with Crippen LogP contribution in [0.5, 0.6) is 0 Å². The molecule has 0 fully saturated rings. The molecule has 2 aromatic rings. The molecule has 2 rings (SSSR count). The van der Waals surface area contributed by atoms with Crippen molar-refractivity contribution < 1.29 is 4.79 Å². The van der Waals surface area contributed by atoms with Crippen molar-refractivity contribution in [1.29, 1.82) is 0 Å². The van der Waals surface area contributed by atoms with Crippen LogP contribution in [-0.2, 0) is 11.3 Å². The SMILES string of the molecule is C=C/C=C(\S)C(=O)NCCn1c(C)cc2ccccc21. The van der Waals surface area contributed by atoms with Crippen molar-refractivity contribution in [3.8, 4) is 0 Å². The van der Waals surface area contributed by atoms with E-state index in [9.17, 15) is 4.79 Å². The molecule has 1 N–H and O–H groups in total. The van der Waals surface area contributed by atoms with Crippen molar-refractivity contribution in [2.45, 2.75) is 13.5 Å². The average Bonchev–Trinajstić information content (AvgIpc) is 2.75. The Morgan fingerprint density at radius 2 is 2.20 bits per heavy atom. The van der Waals surface area contributed by atoms with Gasteiger partial charge in [0.1, 0.15) is 0 Å². The van der Waals surface area contributed by atoms with Crippen LogP contribution in [0.4, 0.5) is 0 Å². The van der Waals surface area contributed by atoms with Crippen LogP contribution in [-0.4, -0.2) is 17.0 Å². The second kappa shape index (κ2) is 6.48. The fourth-order valence-electron chi connectivity index (χ4n) is 2.20. The number of hydrogen-bond donors (Lipinski definition) is 2. The third-order valence-corrected chi connectivity index (χ3v) is 3.50. The number of amides is 1. The fourth-order valence-corrected chi connectivity index (χ4v) is 2.39. The number of carbonyl (C=O) groups excluding carboxylic acids is 1. The number of hydrogen-bond acceptors (Lipinski definition) is 2. The number of nitrogens with zero attached hydrogens (tertiary/aromatic N) is 1. The Labute approximate surface area is 124 Å². The third kappa shape index (κ3) is 3.14. The van der Waals surface area contributed by atoms with E-state index in [0.29, 0.717) is 11.4 Å². The zero-order valence-electron chi connectivity index (χ0n) is 11.5. The molecule has 0 spiro atoms. The van der Waals surface area contributed by atoms with Gasteiger partial charge in [-0.3, -0.25) is 4.79 Å². The monoisotopic (exact) mass is 286 g/mol. The van der Waals surface area contributed by atoms with Crippen molar-refractivity contribution in [1.82, 2.24) is 9.88 Å². The van der Waals surface area contributed by atoms with Crippen molar-refractivity contribution >= 4 is 29.4 Å². The van der Waals surface area contributed by atoms with E-state index in [1.165, 1.54) is 16.6 Å². The number of carbonyl (C=O) groups is 1. The minimum Gasteiger partial charge on any atom is -0.350 e. The summed E-state index contributed by atoms with van der Waals surface area (Å²) in [6, 6.07) is 10.4. The van der Waals surface area contributed by atoms with E-state index in [1.807, 2.05) is 12.1 Å². The van der Waals surface area contributed by atoms with Crippen LogP contribution in [0, 0.1) is 6.92 Å². The van der Waals surface area contributed by atoms with Crippen LogP contribution in [0.25, 0.3) is 10.9 Å². The summed E-state index contributed by atoms with van der Waals surface area (Å²) < 4.78 is 2.20. The van der Waals surface area contributed by atoms with E-state index >= 15 is 0 Å². The highest BCUT2D eigenvalue weighted by Gasteiger charge is 2.06. The van der Waals surface area contributed by atoms with E-state index in [-0.39, 0.29) is 5.91 Å². The minimum absolute atomic E-state index is 0.178. The lowest BCUT2D eigenvalue weighted by Crippen LogP contribution is -2.27. The van der Waals surface area contributed by atoms with Gasteiger partial charge in [0.2, 0.25) is 0 Å². The summed E-state index contributed by atoms with van der Waals surface area (Å²) in [5.74, 6) is -0.178. The molecule has 1 heterocycles. The molecule has 0 saturated carbocycles. The summed E-state index contributed by atoms with van der Waals surface area (Å²) in [6.45, 7) is 6.91. The summed E-state index contributed by atoms with van der Waals surface area (Å²) in [6.07, 6.45) is 3.13. The van der Waals surface area contributed by atoms with Crippen molar-refractivity contribution in [3.05, 3.63) is 59.7 Å². The molecule has 0 saturated heterocycles. The van der Waals surface area contributed by atoms with E-state index in [0.717, 1.165) is 6.54 Å². The molecular weight excluding hydrogens is 268 g/mol. The van der Waals surface area contributed by atoms with Gasteiger partial charge in [0, 0.05) is 24.3 Å². The van der Waals surface area contributed by atoms with Gasteiger partial charge in [0.15, 0.2) is 0 Å². The first-order valence-corrected chi connectivity index (χ1v) is 6.93. The second-order valence-electron chi connectivity index (χ2n) is 4.54. The molecular formula is C16H18N2OS. The van der Waals surface area contributed by atoms with Crippen LogP contribution in [0.15, 0.2) is 54.0 Å². The first-order valence-electron chi connectivity index (χ1n) is 6.48. The van der Waals surface area contributed by atoms with Crippen LogP contribution in [0.2, 0.25) is 0 Å². The van der Waals surface area contributed by atoms with E-state index < -0.39 is 0 Å². The number of aromatic nitrogens is 1. The molecule has 1 aromatic carbocycles. The fraction of sp³-hybridized carbons (Fsp3) is 0.188. The van der Waals surface area contributed by atoms with Crippen LogP contribution in [0.3, 0.4) is 0 Å². The van der Waals surface area contributed by atoms with Gasteiger partial charge in [-0.2, -0.15) is 0 Å². The normalized spacial score (nSPS) is 11.6. The average molecular weight is 286 g/mol. The molecule has 3 nitrogen and oxygen atoms in total. The van der Waals surface area contributed by atoms with Gasteiger partial charge < -0.3 is 9.88 Å². The van der Waals surface area contributed by atoms with Gasteiger partial charge in [-0.1, -0.05) is 30.9 Å². The van der Waals surface area contributed by atoms with E-state index in [1.54, 1.807) is 12.2 Å². The van der Waals surface area contributed by atoms with Crippen molar-refractivity contribution in [3.63, 3.8) is 0 Å². The minimum atomic E-state index is -0.178. The highest BCUT2D eigenvalue weighted by atomic mass is 32.1. The molecule has 0 bridgehead atoms. The predicted octanol–water partition coefficient (Wildman–Crippen LogP) is 3.07. The molecule has 20 heavy (non-hydrogen) atoms. The van der Waals surface area contributed by atoms with Crippen LogP contribution < -0.4 is 5.32 Å². The summed E-state index contributed by atoms with van der Waals surface area (Å²) in [4.78, 5) is 12.1.